The third-order valence-electron chi connectivity index (χ3n) is 3.86. The number of sulfonamides is 1. The molecule has 1 heterocycles. The summed E-state index contributed by atoms with van der Waals surface area (Å²) >= 11 is 0. The Morgan fingerprint density at radius 3 is 2.54 bits per heavy atom. The van der Waals surface area contributed by atoms with Gasteiger partial charge in [0.05, 0.1) is 16.4 Å². The van der Waals surface area contributed by atoms with Gasteiger partial charge in [-0.15, -0.1) is 0 Å². The Labute approximate surface area is 143 Å². The zero-order valence-electron chi connectivity index (χ0n) is 13.9. The fourth-order valence-electron chi connectivity index (χ4n) is 2.62. The molecule has 0 aliphatic carbocycles. The summed E-state index contributed by atoms with van der Waals surface area (Å²) in [6.45, 7) is 3.42. The largest absolute Gasteiger partial charge is 0.338 e. The second-order valence-electron chi connectivity index (χ2n) is 6.28. The van der Waals surface area contributed by atoms with Crippen LogP contribution in [0.4, 0.5) is 0 Å². The Morgan fingerprint density at radius 2 is 2.00 bits per heavy atom. The highest BCUT2D eigenvalue weighted by Crippen LogP contribution is 2.20. The molecule has 1 aliphatic rings. The second-order valence-corrected chi connectivity index (χ2v) is 10.2. The predicted molar refractivity (Wildman–Crippen MR) is 91.1 cm³/mol. The number of carbonyl (C=O) groups excluding carboxylic acids is 1. The molecule has 7 nitrogen and oxygen atoms in total. The van der Waals surface area contributed by atoms with Crippen LogP contribution in [0.3, 0.4) is 0 Å². The maximum Gasteiger partial charge on any atom is 0.253 e. The monoisotopic (exact) mass is 374 g/mol. The Morgan fingerprint density at radius 1 is 1.33 bits per heavy atom. The highest BCUT2D eigenvalue weighted by atomic mass is 32.2. The van der Waals surface area contributed by atoms with Crippen LogP contribution >= 0.6 is 0 Å². The summed E-state index contributed by atoms with van der Waals surface area (Å²) in [6, 6.07) is 5.12. The minimum atomic E-state index is -3.70. The lowest BCUT2D eigenvalue weighted by Gasteiger charge is -2.23. The van der Waals surface area contributed by atoms with Crippen molar-refractivity contribution in [3.63, 3.8) is 0 Å². The van der Waals surface area contributed by atoms with Crippen LogP contribution in [0, 0.1) is 0 Å². The van der Waals surface area contributed by atoms with E-state index in [2.05, 4.69) is 4.72 Å². The molecule has 24 heavy (non-hydrogen) atoms. The standard InChI is InChI=1S/C15H22N2O5S2/c1-11(2)16-24(21,22)14-6-4-5-12(9-14)15(18)17(3)13-7-8-23(19,20)10-13/h4-6,9,11,13,16H,7-8,10H2,1-3H3. The molecule has 0 radical (unpaired) electrons. The van der Waals surface area contributed by atoms with Crippen LogP contribution in [0.15, 0.2) is 29.2 Å². The Hall–Kier alpha value is -1.45. The van der Waals surface area contributed by atoms with Crippen molar-refractivity contribution in [3.8, 4) is 0 Å². The van der Waals surface area contributed by atoms with Crippen molar-refractivity contribution in [2.75, 3.05) is 18.6 Å². The number of hydrogen-bond donors (Lipinski definition) is 1. The van der Waals surface area contributed by atoms with E-state index in [1.54, 1.807) is 20.9 Å². The van der Waals surface area contributed by atoms with E-state index in [-0.39, 0.29) is 34.0 Å². The van der Waals surface area contributed by atoms with Crippen molar-refractivity contribution in [1.82, 2.24) is 9.62 Å². The number of nitrogens with one attached hydrogen (secondary N) is 1. The molecule has 1 saturated heterocycles. The first-order valence-corrected chi connectivity index (χ1v) is 10.9. The lowest BCUT2D eigenvalue weighted by Crippen LogP contribution is -2.38. The third kappa shape index (κ3) is 4.34. The van der Waals surface area contributed by atoms with Crippen molar-refractivity contribution in [3.05, 3.63) is 29.8 Å². The van der Waals surface area contributed by atoms with Crippen molar-refractivity contribution in [1.29, 1.82) is 0 Å². The molecule has 1 N–H and O–H groups in total. The highest BCUT2D eigenvalue weighted by molar-refractivity contribution is 7.91. The minimum absolute atomic E-state index is 0.00879. The molecular formula is C15H22N2O5S2. The lowest BCUT2D eigenvalue weighted by atomic mass is 10.1. The van der Waals surface area contributed by atoms with Gasteiger partial charge in [0.2, 0.25) is 10.0 Å². The first kappa shape index (κ1) is 18.9. The van der Waals surface area contributed by atoms with Gasteiger partial charge in [0.1, 0.15) is 0 Å². The molecule has 9 heteroatoms. The summed E-state index contributed by atoms with van der Waals surface area (Å²) in [5, 5.41) is 0. The molecule has 1 aliphatic heterocycles. The number of hydrogen-bond acceptors (Lipinski definition) is 5. The molecule has 0 spiro atoms. The molecule has 0 bridgehead atoms. The molecule has 134 valence electrons. The average Bonchev–Trinajstić information content (AvgIpc) is 2.85. The number of carbonyl (C=O) groups is 1. The molecule has 1 unspecified atom stereocenters. The first-order chi connectivity index (χ1) is 11.0. The van der Waals surface area contributed by atoms with Crippen LogP contribution in [-0.4, -0.2) is 58.3 Å². The second kappa shape index (κ2) is 6.81. The van der Waals surface area contributed by atoms with E-state index in [1.807, 2.05) is 0 Å². The molecule has 1 aromatic carbocycles. The van der Waals surface area contributed by atoms with E-state index in [4.69, 9.17) is 0 Å². The number of nitrogens with zero attached hydrogens (tertiary/aromatic N) is 1. The third-order valence-corrected chi connectivity index (χ3v) is 7.27. The zero-order chi connectivity index (χ0) is 18.1. The van der Waals surface area contributed by atoms with Gasteiger partial charge in [-0.3, -0.25) is 4.79 Å². The Bertz CT molecular complexity index is 831. The summed E-state index contributed by atoms with van der Waals surface area (Å²) in [5.74, 6) is -0.372. The molecular weight excluding hydrogens is 352 g/mol. The van der Waals surface area contributed by atoms with Gasteiger partial charge < -0.3 is 4.90 Å². The lowest BCUT2D eigenvalue weighted by molar-refractivity contribution is 0.0747. The molecule has 0 aromatic heterocycles. The minimum Gasteiger partial charge on any atom is -0.338 e. The molecule has 0 saturated carbocycles. The zero-order valence-corrected chi connectivity index (χ0v) is 15.5. The Kier molecular flexibility index (Phi) is 5.36. The quantitative estimate of drug-likeness (QED) is 0.815. The molecule has 1 amide bonds. The summed E-state index contributed by atoms with van der Waals surface area (Å²) in [4.78, 5) is 13.9. The van der Waals surface area contributed by atoms with E-state index in [0.717, 1.165) is 0 Å². The van der Waals surface area contributed by atoms with Crippen molar-refractivity contribution >= 4 is 25.8 Å². The molecule has 1 atom stereocenters. The van der Waals surface area contributed by atoms with Gasteiger partial charge in [-0.2, -0.15) is 0 Å². The van der Waals surface area contributed by atoms with Crippen molar-refractivity contribution in [2.24, 2.45) is 0 Å². The van der Waals surface area contributed by atoms with Gasteiger partial charge in [0.15, 0.2) is 9.84 Å². The number of benzene rings is 1. The SMILES string of the molecule is CC(C)NS(=O)(=O)c1cccc(C(=O)N(C)C2CCS(=O)(=O)C2)c1. The summed E-state index contributed by atoms with van der Waals surface area (Å²) in [5.41, 5.74) is 0.216. The van der Waals surface area contributed by atoms with Crippen LogP contribution in [0.1, 0.15) is 30.6 Å². The maximum absolute atomic E-state index is 12.6. The number of amides is 1. The molecule has 2 rings (SSSR count). The van der Waals surface area contributed by atoms with Crippen LogP contribution in [0.25, 0.3) is 0 Å². The van der Waals surface area contributed by atoms with Gasteiger partial charge in [-0.05, 0) is 38.5 Å². The van der Waals surface area contributed by atoms with Crippen LogP contribution in [0.2, 0.25) is 0 Å². The average molecular weight is 374 g/mol. The molecule has 1 aromatic rings. The van der Waals surface area contributed by atoms with Gasteiger partial charge >= 0.3 is 0 Å². The topological polar surface area (TPSA) is 101 Å². The van der Waals surface area contributed by atoms with Crippen molar-refractivity contribution in [2.45, 2.75) is 37.2 Å². The van der Waals surface area contributed by atoms with Crippen molar-refractivity contribution < 1.29 is 21.6 Å². The van der Waals surface area contributed by atoms with E-state index < -0.39 is 25.8 Å². The van der Waals surface area contributed by atoms with E-state index >= 15 is 0 Å². The highest BCUT2D eigenvalue weighted by Gasteiger charge is 2.33. The fraction of sp³-hybridized carbons (Fsp3) is 0.533. The normalized spacial score (nSPS) is 20.2. The van der Waals surface area contributed by atoms with E-state index in [9.17, 15) is 21.6 Å². The first-order valence-electron chi connectivity index (χ1n) is 7.62. The van der Waals surface area contributed by atoms with Gasteiger partial charge in [-0.25, -0.2) is 21.6 Å². The van der Waals surface area contributed by atoms with Crippen LogP contribution in [-0.2, 0) is 19.9 Å². The maximum atomic E-state index is 12.6. The number of rotatable bonds is 5. The van der Waals surface area contributed by atoms with E-state index in [0.29, 0.717) is 6.42 Å². The van der Waals surface area contributed by atoms with Gasteiger partial charge in [0.25, 0.3) is 5.91 Å². The van der Waals surface area contributed by atoms with Gasteiger partial charge in [0, 0.05) is 24.7 Å². The predicted octanol–water partition coefficient (Wildman–Crippen LogP) is 0.632. The summed E-state index contributed by atoms with van der Waals surface area (Å²) in [6.07, 6.45) is 0.400. The summed E-state index contributed by atoms with van der Waals surface area (Å²) < 4.78 is 50.0. The fourth-order valence-corrected chi connectivity index (χ4v) is 5.70. The number of sulfone groups is 1. The Balaban J connectivity index is 2.23. The van der Waals surface area contributed by atoms with Crippen LogP contribution < -0.4 is 4.72 Å². The smallest absolute Gasteiger partial charge is 0.253 e. The summed E-state index contributed by atoms with van der Waals surface area (Å²) in [7, 11) is -5.25. The van der Waals surface area contributed by atoms with E-state index in [1.165, 1.54) is 29.2 Å². The van der Waals surface area contributed by atoms with Gasteiger partial charge in [-0.1, -0.05) is 6.07 Å². The van der Waals surface area contributed by atoms with Crippen LogP contribution in [0.5, 0.6) is 0 Å². The molecule has 1 fully saturated rings.